The van der Waals surface area contributed by atoms with Gasteiger partial charge in [-0.15, -0.1) is 0 Å². The van der Waals surface area contributed by atoms with Crippen LogP contribution in [0.1, 0.15) is 51.1 Å². The second kappa shape index (κ2) is 12.9. The van der Waals surface area contributed by atoms with Crippen molar-refractivity contribution < 1.29 is 37.0 Å². The van der Waals surface area contributed by atoms with Gasteiger partial charge in [-0.2, -0.15) is 13.2 Å². The number of hydrogen-bond donors (Lipinski definition) is 2. The van der Waals surface area contributed by atoms with Crippen LogP contribution in [0.15, 0.2) is 72.8 Å². The molecule has 2 heterocycles. The number of carbonyl (C=O) groups excluding carboxylic acids is 3. The van der Waals surface area contributed by atoms with Gasteiger partial charge in [0.05, 0.1) is 23.3 Å². The van der Waals surface area contributed by atoms with Crippen LogP contribution >= 0.6 is 0 Å². The van der Waals surface area contributed by atoms with Crippen LogP contribution in [0.2, 0.25) is 0 Å². The summed E-state index contributed by atoms with van der Waals surface area (Å²) in [6, 6.07) is 18.0. The van der Waals surface area contributed by atoms with Gasteiger partial charge in [-0.3, -0.25) is 14.4 Å². The maximum Gasteiger partial charge on any atom is 0.416 e. The summed E-state index contributed by atoms with van der Waals surface area (Å²) in [6.45, 7) is 0.554. The average Bonchev–Trinajstić information content (AvgIpc) is 3.01. The molecule has 0 aliphatic carbocycles. The molecule has 0 radical (unpaired) electrons. The second-order valence-electron chi connectivity index (χ2n) is 10.7. The minimum absolute atomic E-state index is 0.0450. The molecule has 43 heavy (non-hydrogen) atoms. The van der Waals surface area contributed by atoms with Gasteiger partial charge in [-0.1, -0.05) is 30.3 Å². The third-order valence-electron chi connectivity index (χ3n) is 7.75. The Kier molecular flexibility index (Phi) is 9.00. The summed E-state index contributed by atoms with van der Waals surface area (Å²) in [5.74, 6) is -0.652. The standard InChI is InChI=1S/C32H32F3N3O5/c1-38-26-14-13-24(18-36-29(39)16-7-20-5-3-2-4-6-20)43-28(26)19-42-27-15-12-23(17-25(27)31(38)41)37-30(40)21-8-10-22(11-9-21)32(33,34)35/h2-6,8-12,15,17,24,26,28H,7,13-14,16,18-19H2,1H3,(H,36,39)(H,37,40)/t24-,26-,28-/m0/s1. The first-order valence-corrected chi connectivity index (χ1v) is 14.1. The summed E-state index contributed by atoms with van der Waals surface area (Å²) in [5.41, 5.74) is 0.843. The van der Waals surface area contributed by atoms with E-state index in [0.717, 1.165) is 29.8 Å². The van der Waals surface area contributed by atoms with E-state index in [2.05, 4.69) is 10.6 Å². The fourth-order valence-electron chi connectivity index (χ4n) is 5.34. The number of rotatable bonds is 7. The van der Waals surface area contributed by atoms with Crippen LogP contribution in [0.25, 0.3) is 0 Å². The number of aryl methyl sites for hydroxylation is 1. The fraction of sp³-hybridized carbons (Fsp3) is 0.344. The Morgan fingerprint density at radius 2 is 1.74 bits per heavy atom. The largest absolute Gasteiger partial charge is 0.490 e. The Bertz CT molecular complexity index is 1460. The number of likely N-dealkylation sites (N-methyl/N-ethyl adjacent to an activating group) is 1. The van der Waals surface area contributed by atoms with E-state index in [0.29, 0.717) is 43.7 Å². The Hall–Kier alpha value is -4.38. The molecule has 11 heteroatoms. The van der Waals surface area contributed by atoms with Gasteiger partial charge >= 0.3 is 6.18 Å². The summed E-state index contributed by atoms with van der Waals surface area (Å²) >= 11 is 0. The van der Waals surface area contributed by atoms with E-state index in [1.54, 1.807) is 24.1 Å². The lowest BCUT2D eigenvalue weighted by Crippen LogP contribution is -2.54. The van der Waals surface area contributed by atoms with Gasteiger partial charge in [0.2, 0.25) is 5.91 Å². The molecule has 1 saturated heterocycles. The van der Waals surface area contributed by atoms with Gasteiger partial charge in [0.1, 0.15) is 18.5 Å². The van der Waals surface area contributed by atoms with Crippen LogP contribution in [-0.4, -0.2) is 61.1 Å². The number of amides is 3. The molecule has 0 unspecified atom stereocenters. The highest BCUT2D eigenvalue weighted by Gasteiger charge is 2.39. The molecule has 1 fully saturated rings. The Balaban J connectivity index is 1.18. The van der Waals surface area contributed by atoms with E-state index >= 15 is 0 Å². The molecule has 2 aliphatic rings. The molecule has 8 nitrogen and oxygen atoms in total. The summed E-state index contributed by atoms with van der Waals surface area (Å²) in [7, 11) is 1.69. The van der Waals surface area contributed by atoms with Crippen LogP contribution in [0.5, 0.6) is 5.75 Å². The number of hydrogen-bond acceptors (Lipinski definition) is 5. The Morgan fingerprint density at radius 1 is 1.00 bits per heavy atom. The van der Waals surface area contributed by atoms with Gasteiger partial charge in [-0.05, 0) is 67.3 Å². The Morgan fingerprint density at radius 3 is 2.47 bits per heavy atom. The van der Waals surface area contributed by atoms with E-state index in [1.165, 1.54) is 6.07 Å². The predicted molar refractivity (Wildman–Crippen MR) is 153 cm³/mol. The third kappa shape index (κ3) is 7.34. The molecule has 2 N–H and O–H groups in total. The average molecular weight is 596 g/mol. The number of halogens is 3. The number of fused-ring (bicyclic) bond motifs is 2. The zero-order valence-corrected chi connectivity index (χ0v) is 23.5. The first-order valence-electron chi connectivity index (χ1n) is 14.1. The summed E-state index contributed by atoms with van der Waals surface area (Å²) in [6.07, 6.45) is -2.78. The van der Waals surface area contributed by atoms with Crippen LogP contribution in [-0.2, 0) is 22.1 Å². The molecule has 0 saturated carbocycles. The van der Waals surface area contributed by atoms with E-state index in [1.807, 2.05) is 30.3 Å². The first-order chi connectivity index (χ1) is 20.6. The SMILES string of the molecule is CN1C(=O)c2cc(NC(=O)c3ccc(C(F)(F)F)cc3)ccc2OC[C@@H]2O[C@H](CNC(=O)CCc3ccccc3)CC[C@@H]21. The smallest absolute Gasteiger partial charge is 0.416 e. The molecule has 5 rings (SSSR count). The van der Waals surface area contributed by atoms with Crippen LogP contribution < -0.4 is 15.4 Å². The van der Waals surface area contributed by atoms with Crippen molar-refractivity contribution in [1.82, 2.24) is 10.2 Å². The summed E-state index contributed by atoms with van der Waals surface area (Å²) in [5, 5.41) is 5.59. The number of alkyl halides is 3. The number of ether oxygens (including phenoxy) is 2. The van der Waals surface area contributed by atoms with Crippen LogP contribution in [0.4, 0.5) is 18.9 Å². The van der Waals surface area contributed by atoms with E-state index in [4.69, 9.17) is 9.47 Å². The molecule has 0 bridgehead atoms. The lowest BCUT2D eigenvalue weighted by molar-refractivity contribution is -0.137. The van der Waals surface area contributed by atoms with Gasteiger partial charge in [0, 0.05) is 31.3 Å². The van der Waals surface area contributed by atoms with Crippen LogP contribution in [0.3, 0.4) is 0 Å². The molecule has 0 spiro atoms. The molecule has 2 aliphatic heterocycles. The highest BCUT2D eigenvalue weighted by atomic mass is 19.4. The monoisotopic (exact) mass is 595 g/mol. The number of nitrogens with zero attached hydrogens (tertiary/aromatic N) is 1. The third-order valence-corrected chi connectivity index (χ3v) is 7.75. The van der Waals surface area contributed by atoms with E-state index < -0.39 is 23.8 Å². The predicted octanol–water partition coefficient (Wildman–Crippen LogP) is 5.09. The number of anilines is 1. The van der Waals surface area contributed by atoms with Gasteiger partial charge in [0.15, 0.2) is 0 Å². The van der Waals surface area contributed by atoms with Gasteiger partial charge in [-0.25, -0.2) is 0 Å². The van der Waals surface area contributed by atoms with E-state index in [9.17, 15) is 27.6 Å². The maximum atomic E-state index is 13.5. The zero-order valence-electron chi connectivity index (χ0n) is 23.5. The van der Waals surface area contributed by atoms with Crippen LogP contribution in [0, 0.1) is 0 Å². The van der Waals surface area contributed by atoms with Gasteiger partial charge in [0.25, 0.3) is 11.8 Å². The molecule has 3 amide bonds. The van der Waals surface area contributed by atoms with Crippen molar-refractivity contribution >= 4 is 23.4 Å². The van der Waals surface area contributed by atoms with Crippen molar-refractivity contribution in [2.75, 3.05) is 25.5 Å². The molecule has 226 valence electrons. The topological polar surface area (TPSA) is 97.0 Å². The number of nitrogens with one attached hydrogen (secondary N) is 2. The van der Waals surface area contributed by atoms with Crippen molar-refractivity contribution in [3.8, 4) is 5.75 Å². The zero-order chi connectivity index (χ0) is 30.6. The molecular formula is C32H32F3N3O5. The number of benzene rings is 3. The molecule has 3 aromatic carbocycles. The number of carbonyl (C=O) groups is 3. The minimum atomic E-state index is -4.50. The van der Waals surface area contributed by atoms with Crippen molar-refractivity contribution in [3.05, 3.63) is 95.1 Å². The van der Waals surface area contributed by atoms with Crippen molar-refractivity contribution in [2.24, 2.45) is 0 Å². The first kappa shape index (κ1) is 30.1. The highest BCUT2D eigenvalue weighted by Crippen LogP contribution is 2.32. The lowest BCUT2D eigenvalue weighted by Gasteiger charge is -2.42. The van der Waals surface area contributed by atoms with Gasteiger partial charge < -0.3 is 25.0 Å². The van der Waals surface area contributed by atoms with Crippen molar-refractivity contribution in [1.29, 1.82) is 0 Å². The molecule has 3 aromatic rings. The Labute approximate surface area is 247 Å². The molecular weight excluding hydrogens is 563 g/mol. The minimum Gasteiger partial charge on any atom is -0.490 e. The molecule has 0 aromatic heterocycles. The van der Waals surface area contributed by atoms with Crippen molar-refractivity contribution in [2.45, 2.75) is 50.1 Å². The lowest BCUT2D eigenvalue weighted by atomic mass is 9.95. The highest BCUT2D eigenvalue weighted by molar-refractivity contribution is 6.05. The summed E-state index contributed by atoms with van der Waals surface area (Å²) in [4.78, 5) is 40.1. The van der Waals surface area contributed by atoms with E-state index in [-0.39, 0.29) is 41.7 Å². The van der Waals surface area contributed by atoms with Crippen molar-refractivity contribution in [3.63, 3.8) is 0 Å². The second-order valence-corrected chi connectivity index (χ2v) is 10.7. The maximum absolute atomic E-state index is 13.5. The fourth-order valence-corrected chi connectivity index (χ4v) is 5.34. The normalized spacial score (nSPS) is 20.1. The quantitative estimate of drug-likeness (QED) is 0.397. The molecule has 3 atom stereocenters. The summed E-state index contributed by atoms with van der Waals surface area (Å²) < 4.78 is 50.8.